The van der Waals surface area contributed by atoms with E-state index in [1.165, 1.54) is 4.74 Å². The first kappa shape index (κ1) is 19.1. The zero-order valence-corrected chi connectivity index (χ0v) is 18.8. The van der Waals surface area contributed by atoms with Crippen molar-refractivity contribution < 1.29 is 19.5 Å². The predicted octanol–water partition coefficient (Wildman–Crippen LogP) is 3.51. The van der Waals surface area contributed by atoms with Crippen LogP contribution < -0.4 is 5.32 Å². The van der Waals surface area contributed by atoms with E-state index in [2.05, 4.69) is 37.4 Å². The van der Waals surface area contributed by atoms with Crippen LogP contribution in [0.2, 0.25) is 0 Å². The average molecular weight is 441 g/mol. The average Bonchev–Trinajstić information content (AvgIpc) is 3.36. The second-order valence-electron chi connectivity index (χ2n) is 10.7. The van der Waals surface area contributed by atoms with Crippen molar-refractivity contribution in [2.45, 2.75) is 44.2 Å². The predicted molar refractivity (Wildman–Crippen MR) is 123 cm³/mol. The molecule has 4 fully saturated rings. The Hall–Kier alpha value is -3.41. The minimum absolute atomic E-state index is 0.00863. The van der Waals surface area contributed by atoms with E-state index in [-0.39, 0.29) is 17.7 Å². The molecule has 2 amide bonds. The van der Waals surface area contributed by atoms with Gasteiger partial charge in [0.05, 0.1) is 16.6 Å². The summed E-state index contributed by atoms with van der Waals surface area (Å²) in [7, 11) is 0. The first-order valence-corrected chi connectivity index (χ1v) is 11.7. The Bertz CT molecular complexity index is 1340. The molecule has 0 aromatic heterocycles. The summed E-state index contributed by atoms with van der Waals surface area (Å²) in [6.45, 7) is 4.85. The summed E-state index contributed by atoms with van der Waals surface area (Å²) in [5, 5.41) is 14.6. The zero-order valence-electron chi connectivity index (χ0n) is 18.8. The highest BCUT2D eigenvalue weighted by Crippen LogP contribution is 2.60. The Morgan fingerprint density at radius 2 is 1.88 bits per heavy atom. The molecule has 0 saturated carbocycles. The van der Waals surface area contributed by atoms with Gasteiger partial charge >= 0.3 is 0 Å². The van der Waals surface area contributed by atoms with E-state index in [1.54, 1.807) is 0 Å². The summed E-state index contributed by atoms with van der Waals surface area (Å²) in [5.74, 6) is -0.138. The number of piperazine rings is 1. The molecule has 3 atom stereocenters. The topological polar surface area (TPSA) is 72.7 Å². The Balaban J connectivity index is 1.46. The van der Waals surface area contributed by atoms with Gasteiger partial charge in [-0.1, -0.05) is 36.4 Å². The van der Waals surface area contributed by atoms with E-state index in [0.29, 0.717) is 25.1 Å². The molecule has 33 heavy (non-hydrogen) atoms. The number of fused-ring (bicyclic) bond motifs is 4. The number of carbonyl (C=O) groups excluding carboxylic acids is 2. The van der Waals surface area contributed by atoms with Crippen LogP contribution in [0.3, 0.4) is 0 Å². The SMILES string of the molecule is CC1(C)C2=[N+](O)c3cc(-c4ccccc4)ccc3C2=C[C@@]23NC(=O)C4(CCCN4C2=O)CC13. The fourth-order valence-electron chi connectivity index (χ4n) is 7.32. The molecule has 2 aromatic carbocycles. The number of hydrogen-bond acceptors (Lipinski definition) is 3. The number of benzene rings is 2. The van der Waals surface area contributed by atoms with Crippen LogP contribution in [-0.4, -0.2) is 50.0 Å². The summed E-state index contributed by atoms with van der Waals surface area (Å²) >= 11 is 0. The van der Waals surface area contributed by atoms with Gasteiger partial charge in [-0.3, -0.25) is 14.8 Å². The minimum Gasteiger partial charge on any atom is -0.336 e. The van der Waals surface area contributed by atoms with Gasteiger partial charge < -0.3 is 10.2 Å². The number of nitrogens with one attached hydrogen (secondary N) is 1. The monoisotopic (exact) mass is 440 g/mol. The number of rotatable bonds is 1. The van der Waals surface area contributed by atoms with Gasteiger partial charge in [0.15, 0.2) is 0 Å². The molecular formula is C27H26N3O3+. The number of piperidine rings is 2. The molecule has 5 aliphatic heterocycles. The summed E-state index contributed by atoms with van der Waals surface area (Å²) in [6, 6.07) is 16.2. The maximum Gasteiger partial charge on any atom is 0.266 e. The lowest BCUT2D eigenvalue weighted by Gasteiger charge is -2.62. The molecule has 4 saturated heterocycles. The minimum atomic E-state index is -1.06. The number of carbonyl (C=O) groups is 2. The van der Waals surface area contributed by atoms with Gasteiger partial charge in [-0.2, -0.15) is 0 Å². The largest absolute Gasteiger partial charge is 0.336 e. The van der Waals surface area contributed by atoms with Crippen LogP contribution >= 0.6 is 0 Å². The van der Waals surface area contributed by atoms with E-state index in [1.807, 2.05) is 41.3 Å². The van der Waals surface area contributed by atoms with E-state index in [9.17, 15) is 14.8 Å². The van der Waals surface area contributed by atoms with Gasteiger partial charge in [0, 0.05) is 23.3 Å². The highest BCUT2D eigenvalue weighted by Gasteiger charge is 2.74. The number of hydrogen-bond donors (Lipinski definition) is 2. The Labute approximate surface area is 192 Å². The molecule has 6 aliphatic rings. The number of amides is 2. The van der Waals surface area contributed by atoms with Gasteiger partial charge in [-0.15, -0.1) is 0 Å². The number of nitrogens with zero attached hydrogens (tertiary/aromatic N) is 2. The Kier molecular flexibility index (Phi) is 3.32. The van der Waals surface area contributed by atoms with Crippen molar-refractivity contribution in [1.29, 1.82) is 0 Å². The summed E-state index contributed by atoms with van der Waals surface area (Å²) < 4.78 is 1.32. The molecule has 6 nitrogen and oxygen atoms in total. The van der Waals surface area contributed by atoms with Crippen molar-refractivity contribution in [3.63, 3.8) is 0 Å². The van der Waals surface area contributed by atoms with Crippen molar-refractivity contribution >= 4 is 28.8 Å². The fraction of sp³-hybridized carbons (Fsp3) is 0.370. The molecule has 6 heteroatoms. The second kappa shape index (κ2) is 5.74. The molecule has 0 radical (unpaired) electrons. The van der Waals surface area contributed by atoms with Crippen molar-refractivity contribution in [2.75, 3.05) is 6.54 Å². The molecule has 2 bridgehead atoms. The van der Waals surface area contributed by atoms with E-state index in [4.69, 9.17) is 0 Å². The third kappa shape index (κ3) is 2.04. The Morgan fingerprint density at radius 3 is 2.67 bits per heavy atom. The van der Waals surface area contributed by atoms with Crippen LogP contribution in [0, 0.1) is 11.3 Å². The fourth-order valence-corrected chi connectivity index (χ4v) is 7.32. The summed E-state index contributed by atoms with van der Waals surface area (Å²) in [5.41, 5.74) is 3.04. The first-order valence-electron chi connectivity index (χ1n) is 11.7. The molecule has 1 aliphatic carbocycles. The van der Waals surface area contributed by atoms with Crippen molar-refractivity contribution in [2.24, 2.45) is 11.3 Å². The Morgan fingerprint density at radius 1 is 1.09 bits per heavy atom. The van der Waals surface area contributed by atoms with Gasteiger partial charge in [0.2, 0.25) is 11.6 Å². The normalized spacial score (nSPS) is 32.7. The third-order valence-corrected chi connectivity index (χ3v) is 8.87. The summed E-state index contributed by atoms with van der Waals surface area (Å²) in [6.07, 6.45) is 4.14. The van der Waals surface area contributed by atoms with Gasteiger partial charge in [0.25, 0.3) is 11.6 Å². The highest BCUT2D eigenvalue weighted by atomic mass is 16.5. The summed E-state index contributed by atoms with van der Waals surface area (Å²) in [4.78, 5) is 29.0. The molecule has 2 unspecified atom stereocenters. The zero-order chi connectivity index (χ0) is 22.8. The van der Waals surface area contributed by atoms with Gasteiger partial charge in [-0.25, -0.2) is 0 Å². The van der Waals surface area contributed by atoms with Crippen LogP contribution in [0.4, 0.5) is 5.69 Å². The van der Waals surface area contributed by atoms with E-state index >= 15 is 0 Å². The lowest BCUT2D eigenvalue weighted by Crippen LogP contribution is -2.83. The third-order valence-electron chi connectivity index (χ3n) is 8.87. The standard InChI is InChI=1S/C27H25N3O3/c1-25(2)21-15-26-11-6-12-29(26)24(32)27(21,28-23(26)31)14-19-18-10-9-17(16-7-4-3-5-8-16)13-20(18)30(33)22(19)25/h3-5,7-10,13-14,21H,6,11-12,15H2,1-2H3,(H-,28,31,33)/p+1/t21?,26?,27-/m0/s1. The van der Waals surface area contributed by atoms with Crippen LogP contribution in [0.15, 0.2) is 54.6 Å². The molecule has 2 N–H and O–H groups in total. The maximum atomic E-state index is 13.9. The van der Waals surface area contributed by atoms with Crippen LogP contribution in [-0.2, 0) is 9.59 Å². The molecule has 5 heterocycles. The van der Waals surface area contributed by atoms with Crippen LogP contribution in [0.25, 0.3) is 16.7 Å². The van der Waals surface area contributed by atoms with Gasteiger partial charge in [-0.05, 0) is 56.4 Å². The van der Waals surface area contributed by atoms with E-state index in [0.717, 1.165) is 34.4 Å². The van der Waals surface area contributed by atoms with Crippen molar-refractivity contribution in [3.05, 3.63) is 60.2 Å². The first-order chi connectivity index (χ1) is 15.8. The highest BCUT2D eigenvalue weighted by molar-refractivity contribution is 6.30. The quantitative estimate of drug-likeness (QED) is 0.527. The van der Waals surface area contributed by atoms with Crippen molar-refractivity contribution in [1.82, 2.24) is 10.2 Å². The lowest BCUT2D eigenvalue weighted by molar-refractivity contribution is -0.712. The molecular weight excluding hydrogens is 414 g/mol. The molecule has 2 spiro atoms. The molecule has 8 rings (SSSR count). The van der Waals surface area contributed by atoms with Crippen LogP contribution in [0.5, 0.6) is 0 Å². The second-order valence-corrected chi connectivity index (χ2v) is 10.7. The van der Waals surface area contributed by atoms with Gasteiger partial charge in [0.1, 0.15) is 11.1 Å². The smallest absolute Gasteiger partial charge is 0.266 e. The lowest BCUT2D eigenvalue weighted by atomic mass is 9.51. The van der Waals surface area contributed by atoms with E-state index < -0.39 is 16.5 Å². The maximum absolute atomic E-state index is 13.9. The number of allylic oxidation sites excluding steroid dienone is 1. The molecule has 2 aromatic rings. The molecule has 166 valence electrons. The van der Waals surface area contributed by atoms with Crippen LogP contribution in [0.1, 0.15) is 38.7 Å². The van der Waals surface area contributed by atoms with Crippen molar-refractivity contribution in [3.8, 4) is 11.1 Å².